The van der Waals surface area contributed by atoms with E-state index in [0.717, 1.165) is 0 Å². The van der Waals surface area contributed by atoms with E-state index in [1.54, 1.807) is 0 Å². The number of aliphatic carboxylic acids is 1. The minimum atomic E-state index is -1.02. The second-order valence-electron chi connectivity index (χ2n) is 1.78. The van der Waals surface area contributed by atoms with E-state index in [2.05, 4.69) is 5.73 Å². The van der Waals surface area contributed by atoms with Crippen LogP contribution < -0.4 is 11.5 Å². The molecule has 4 heteroatoms. The largest absolute Gasteiger partial charge is 0.480 e. The zero-order chi connectivity index (χ0) is 8.69. The highest BCUT2D eigenvalue weighted by Gasteiger charge is 2.08. The standard InChI is InChI=1S/C5H12N2O2/c6-3-1-2-4(7)5(8)9/h4H,1-3,6-7H2,(H,8,9)/i/hD2. The van der Waals surface area contributed by atoms with E-state index in [4.69, 9.17) is 7.93 Å². The third-order valence-corrected chi connectivity index (χ3v) is 0.968. The SMILES string of the molecule is [2H]NCCCC(N[2H])C(=O)O. The smallest absolute Gasteiger partial charge is 0.320 e. The first kappa shape index (κ1) is 5.20. The summed E-state index contributed by atoms with van der Waals surface area (Å²) in [5.41, 5.74) is 4.08. The number of hydrogen-bond acceptors (Lipinski definition) is 3. The van der Waals surface area contributed by atoms with Gasteiger partial charge in [0.15, 0.2) is 0 Å². The van der Waals surface area contributed by atoms with Gasteiger partial charge in [0, 0.05) is 0 Å². The van der Waals surface area contributed by atoms with Crippen molar-refractivity contribution >= 4 is 5.97 Å². The molecule has 0 amide bonds. The van der Waals surface area contributed by atoms with E-state index in [9.17, 15) is 4.79 Å². The fourth-order valence-corrected chi connectivity index (χ4v) is 0.430. The summed E-state index contributed by atoms with van der Waals surface area (Å²) in [7, 11) is 0. The van der Waals surface area contributed by atoms with Crippen molar-refractivity contribution in [1.29, 1.82) is 0 Å². The number of carbonyl (C=O) groups is 1. The maximum atomic E-state index is 10.3. The summed E-state index contributed by atoms with van der Waals surface area (Å²) < 4.78 is 13.2. The molecule has 0 radical (unpaired) electrons. The molecule has 0 spiro atoms. The van der Waals surface area contributed by atoms with Gasteiger partial charge in [0.25, 0.3) is 0 Å². The Morgan fingerprint density at radius 2 is 2.67 bits per heavy atom. The monoisotopic (exact) mass is 134 g/mol. The first-order valence-electron chi connectivity index (χ1n) is 3.77. The van der Waals surface area contributed by atoms with Crippen molar-refractivity contribution in [3.8, 4) is 0 Å². The average Bonchev–Trinajstić information content (AvgIpc) is 1.97. The Balaban J connectivity index is 3.44. The number of carboxylic acid groups (broad SMARTS) is 1. The zero-order valence-corrected chi connectivity index (χ0v) is 5.05. The van der Waals surface area contributed by atoms with Crippen molar-refractivity contribution in [2.24, 2.45) is 11.5 Å². The molecule has 0 bridgehead atoms. The van der Waals surface area contributed by atoms with Gasteiger partial charge in [0.2, 0.25) is 0 Å². The summed E-state index contributed by atoms with van der Waals surface area (Å²) in [6.07, 6.45) is 0.942. The van der Waals surface area contributed by atoms with Crippen molar-refractivity contribution in [2.45, 2.75) is 18.9 Å². The van der Waals surface area contributed by atoms with Crippen LogP contribution in [0.15, 0.2) is 0 Å². The topological polar surface area (TPSA) is 89.3 Å². The van der Waals surface area contributed by atoms with Crippen LogP contribution in [0.5, 0.6) is 0 Å². The van der Waals surface area contributed by atoms with Gasteiger partial charge in [-0.05, 0) is 19.4 Å². The van der Waals surface area contributed by atoms with Crippen LogP contribution in [-0.4, -0.2) is 23.7 Å². The molecule has 9 heavy (non-hydrogen) atoms. The Hall–Kier alpha value is -0.610. The number of hydrogen-bond donors (Lipinski definition) is 3. The fraction of sp³-hybridized carbons (Fsp3) is 0.800. The molecule has 4 nitrogen and oxygen atoms in total. The first-order valence-corrected chi connectivity index (χ1v) is 2.77. The van der Waals surface area contributed by atoms with E-state index < -0.39 is 12.0 Å². The van der Waals surface area contributed by atoms with Gasteiger partial charge in [0.05, 0.1) is 0 Å². The highest BCUT2D eigenvalue weighted by Crippen LogP contribution is 1.91. The van der Waals surface area contributed by atoms with E-state index in [1.807, 2.05) is 5.73 Å². The minimum Gasteiger partial charge on any atom is -0.480 e. The Labute approximate surface area is 56.8 Å². The van der Waals surface area contributed by atoms with Crippen molar-refractivity contribution < 1.29 is 12.7 Å². The molecular formula is C5H12N2O2. The summed E-state index contributed by atoms with van der Waals surface area (Å²) in [5.74, 6) is -1.02. The third-order valence-electron chi connectivity index (χ3n) is 0.968. The molecule has 0 aliphatic carbocycles. The highest BCUT2D eigenvalue weighted by atomic mass is 16.4. The van der Waals surface area contributed by atoms with Crippen LogP contribution in [0.1, 0.15) is 12.8 Å². The predicted octanol–water partition coefficient (Wildman–Crippen LogP) is -0.863. The summed E-state index contributed by atoms with van der Waals surface area (Å²) in [6.45, 7) is 0.450. The molecule has 0 saturated heterocycles. The molecule has 0 aromatic heterocycles. The molecule has 5 N–H and O–H groups in total. The number of nitrogens with two attached hydrogens (primary N) is 2. The summed E-state index contributed by atoms with van der Waals surface area (Å²) in [5, 5.41) is 8.42. The van der Waals surface area contributed by atoms with E-state index in [1.165, 1.54) is 0 Å². The summed E-state index contributed by atoms with van der Waals surface area (Å²) in [6, 6.07) is -0.816. The lowest BCUT2D eigenvalue weighted by Crippen LogP contribution is -2.30. The van der Waals surface area contributed by atoms with E-state index >= 15 is 0 Å². The zero-order valence-electron chi connectivity index (χ0n) is 7.05. The van der Waals surface area contributed by atoms with Crippen molar-refractivity contribution in [3.05, 3.63) is 0 Å². The Morgan fingerprint density at radius 3 is 3.11 bits per heavy atom. The molecule has 1 atom stereocenters. The normalized spacial score (nSPS) is 16.0. The molecule has 0 rings (SSSR count). The van der Waals surface area contributed by atoms with Crippen molar-refractivity contribution in [2.75, 3.05) is 6.54 Å². The number of carboxylic acids is 1. The Bertz CT molecular complexity index is 123. The predicted molar refractivity (Wildman–Crippen MR) is 33.9 cm³/mol. The van der Waals surface area contributed by atoms with Gasteiger partial charge in [-0.15, -0.1) is 0 Å². The second-order valence-corrected chi connectivity index (χ2v) is 1.78. The van der Waals surface area contributed by atoms with E-state index in [-0.39, 0.29) is 0 Å². The molecule has 0 fully saturated rings. The van der Waals surface area contributed by atoms with Crippen LogP contribution in [-0.2, 0) is 4.79 Å². The van der Waals surface area contributed by atoms with Crippen LogP contribution in [0.25, 0.3) is 0 Å². The molecular weight excluding hydrogens is 120 g/mol. The Kier molecular flexibility index (Phi) is 2.48. The summed E-state index contributed by atoms with van der Waals surface area (Å²) in [4.78, 5) is 10.3. The van der Waals surface area contributed by atoms with Crippen LogP contribution in [0, 0.1) is 0 Å². The van der Waals surface area contributed by atoms with Crippen LogP contribution in [0.2, 0.25) is 2.82 Å². The maximum Gasteiger partial charge on any atom is 0.320 e. The van der Waals surface area contributed by atoms with Crippen molar-refractivity contribution in [3.63, 3.8) is 0 Å². The highest BCUT2D eigenvalue weighted by molar-refractivity contribution is 5.72. The molecule has 0 aromatic carbocycles. The maximum absolute atomic E-state index is 10.3. The Morgan fingerprint density at radius 1 is 1.89 bits per heavy atom. The molecule has 1 unspecified atom stereocenters. The summed E-state index contributed by atoms with van der Waals surface area (Å²) >= 11 is 0. The quantitative estimate of drug-likeness (QED) is 0.412. The molecule has 0 aromatic rings. The van der Waals surface area contributed by atoms with Crippen molar-refractivity contribution in [1.82, 2.24) is 0 Å². The van der Waals surface area contributed by atoms with Crippen LogP contribution >= 0.6 is 0 Å². The third kappa shape index (κ3) is 3.93. The van der Waals surface area contributed by atoms with Gasteiger partial charge < -0.3 is 16.6 Å². The van der Waals surface area contributed by atoms with Crippen LogP contribution in [0.3, 0.4) is 0 Å². The lowest BCUT2D eigenvalue weighted by atomic mass is 10.2. The molecule has 0 heterocycles. The first-order chi connectivity index (χ1) is 5.22. The average molecular weight is 134 g/mol. The minimum absolute atomic E-state index is 0.366. The van der Waals surface area contributed by atoms with Gasteiger partial charge in [0.1, 0.15) is 8.87 Å². The number of rotatable bonds is 6. The molecule has 0 aliphatic heterocycles. The van der Waals surface area contributed by atoms with Gasteiger partial charge in [-0.1, -0.05) is 0 Å². The van der Waals surface area contributed by atoms with Gasteiger partial charge in [-0.2, -0.15) is 0 Å². The second kappa shape index (κ2) is 4.29. The lowest BCUT2D eigenvalue weighted by molar-refractivity contribution is -0.138. The lowest BCUT2D eigenvalue weighted by Gasteiger charge is -2.02. The van der Waals surface area contributed by atoms with Gasteiger partial charge in [-0.3, -0.25) is 4.79 Å². The van der Waals surface area contributed by atoms with Gasteiger partial charge in [-0.25, -0.2) is 0 Å². The van der Waals surface area contributed by atoms with Gasteiger partial charge >= 0.3 is 5.97 Å². The van der Waals surface area contributed by atoms with E-state index in [0.29, 0.717) is 19.4 Å². The molecule has 0 aliphatic rings. The molecule has 54 valence electrons. The fourth-order valence-electron chi connectivity index (χ4n) is 0.430. The van der Waals surface area contributed by atoms with Crippen LogP contribution in [0.4, 0.5) is 0 Å². The molecule has 0 saturated carbocycles.